The maximum absolute atomic E-state index is 12.7. The molecule has 2 saturated heterocycles. The van der Waals surface area contributed by atoms with Crippen LogP contribution >= 0.6 is 23.5 Å². The zero-order chi connectivity index (χ0) is 18.5. The van der Waals surface area contributed by atoms with Gasteiger partial charge in [-0.2, -0.15) is 0 Å². The second-order valence-electron chi connectivity index (χ2n) is 5.87. The second kappa shape index (κ2) is 8.79. The molecule has 2 unspecified atom stereocenters. The molecule has 2 fully saturated rings. The Labute approximate surface area is 160 Å². The van der Waals surface area contributed by atoms with Gasteiger partial charge in [0.2, 0.25) is 5.91 Å². The highest BCUT2D eigenvalue weighted by Gasteiger charge is 2.42. The van der Waals surface area contributed by atoms with E-state index >= 15 is 0 Å². The van der Waals surface area contributed by atoms with Crippen molar-refractivity contribution in [2.24, 2.45) is 0 Å². The predicted molar refractivity (Wildman–Crippen MR) is 99.4 cm³/mol. The Balaban J connectivity index is 1.52. The van der Waals surface area contributed by atoms with Crippen LogP contribution in [0.1, 0.15) is 5.56 Å². The molecule has 1 aromatic rings. The van der Waals surface area contributed by atoms with Crippen molar-refractivity contribution < 1.29 is 23.9 Å². The SMILES string of the molecule is COC(=O)[C@@H]1CSCN1C(=O)C1CSC(C(=O)OCc2ccccc2)N1. The van der Waals surface area contributed by atoms with Crippen molar-refractivity contribution in [3.05, 3.63) is 35.9 Å². The number of carbonyl (C=O) groups is 3. The largest absolute Gasteiger partial charge is 0.467 e. The minimum atomic E-state index is -0.584. The monoisotopic (exact) mass is 396 g/mol. The number of nitrogens with one attached hydrogen (secondary N) is 1. The molecule has 3 atom stereocenters. The summed E-state index contributed by atoms with van der Waals surface area (Å²) in [6, 6.07) is 8.35. The summed E-state index contributed by atoms with van der Waals surface area (Å²) in [7, 11) is 1.32. The van der Waals surface area contributed by atoms with Gasteiger partial charge in [-0.1, -0.05) is 30.3 Å². The molecule has 2 heterocycles. The summed E-state index contributed by atoms with van der Waals surface area (Å²) in [4.78, 5) is 38.2. The molecule has 0 spiro atoms. The first-order valence-corrected chi connectivity index (χ1v) is 10.3. The van der Waals surface area contributed by atoms with Gasteiger partial charge in [0.1, 0.15) is 12.6 Å². The Morgan fingerprint density at radius 1 is 1.19 bits per heavy atom. The molecule has 3 rings (SSSR count). The van der Waals surface area contributed by atoms with Crippen LogP contribution in [0.3, 0.4) is 0 Å². The van der Waals surface area contributed by atoms with Crippen molar-refractivity contribution in [2.45, 2.75) is 24.1 Å². The molecule has 26 heavy (non-hydrogen) atoms. The first kappa shape index (κ1) is 19.1. The Hall–Kier alpha value is -1.71. The van der Waals surface area contributed by atoms with Gasteiger partial charge in [0.05, 0.1) is 19.0 Å². The van der Waals surface area contributed by atoms with E-state index in [9.17, 15) is 14.4 Å². The molecular formula is C17H20N2O5S2. The van der Waals surface area contributed by atoms with Crippen molar-refractivity contribution in [1.29, 1.82) is 0 Å². The number of amides is 1. The summed E-state index contributed by atoms with van der Waals surface area (Å²) in [5, 5.41) is 2.43. The molecule has 7 nitrogen and oxygen atoms in total. The van der Waals surface area contributed by atoms with Crippen LogP contribution in [0.4, 0.5) is 0 Å². The summed E-state index contributed by atoms with van der Waals surface area (Å²) in [5.41, 5.74) is 0.909. The number of benzene rings is 1. The number of carbonyl (C=O) groups excluding carboxylic acids is 3. The van der Waals surface area contributed by atoms with E-state index in [4.69, 9.17) is 9.47 Å². The van der Waals surface area contributed by atoms with Gasteiger partial charge in [-0.3, -0.25) is 10.1 Å². The van der Waals surface area contributed by atoms with Crippen LogP contribution in [-0.2, 0) is 30.5 Å². The van der Waals surface area contributed by atoms with Gasteiger partial charge in [-0.05, 0) is 5.56 Å². The fourth-order valence-electron chi connectivity index (χ4n) is 2.75. The van der Waals surface area contributed by atoms with E-state index in [1.54, 1.807) is 0 Å². The number of nitrogens with zero attached hydrogens (tertiary/aromatic N) is 1. The lowest BCUT2D eigenvalue weighted by molar-refractivity contribution is -0.151. The number of thioether (sulfide) groups is 2. The molecule has 0 aliphatic carbocycles. The Morgan fingerprint density at radius 2 is 1.96 bits per heavy atom. The number of methoxy groups -OCH3 is 1. The maximum atomic E-state index is 12.7. The fourth-order valence-corrected chi connectivity index (χ4v) is 4.98. The summed E-state index contributed by atoms with van der Waals surface area (Å²) >= 11 is 2.85. The second-order valence-corrected chi connectivity index (χ2v) is 8.01. The number of hydrogen-bond acceptors (Lipinski definition) is 8. The van der Waals surface area contributed by atoms with E-state index < -0.39 is 29.4 Å². The van der Waals surface area contributed by atoms with E-state index in [2.05, 4.69) is 5.32 Å². The van der Waals surface area contributed by atoms with Crippen LogP contribution in [0, 0.1) is 0 Å². The zero-order valence-electron chi connectivity index (χ0n) is 14.3. The Morgan fingerprint density at radius 3 is 2.69 bits per heavy atom. The highest BCUT2D eigenvalue weighted by molar-refractivity contribution is 8.00. The average molecular weight is 396 g/mol. The van der Waals surface area contributed by atoms with Crippen molar-refractivity contribution in [2.75, 3.05) is 24.5 Å². The first-order chi connectivity index (χ1) is 12.6. The fraction of sp³-hybridized carbons (Fsp3) is 0.471. The molecular weight excluding hydrogens is 376 g/mol. The van der Waals surface area contributed by atoms with E-state index in [0.29, 0.717) is 17.4 Å². The summed E-state index contributed by atoms with van der Waals surface area (Å²) in [6.45, 7) is 0.199. The van der Waals surface area contributed by atoms with Crippen LogP contribution in [0.5, 0.6) is 0 Å². The van der Waals surface area contributed by atoms with Gasteiger partial charge in [0.15, 0.2) is 5.37 Å². The lowest BCUT2D eigenvalue weighted by Gasteiger charge is -2.24. The van der Waals surface area contributed by atoms with Crippen molar-refractivity contribution in [3.63, 3.8) is 0 Å². The molecule has 0 aromatic heterocycles. The summed E-state index contributed by atoms with van der Waals surface area (Å²) in [5.74, 6) is 0.447. The first-order valence-electron chi connectivity index (χ1n) is 8.14. The van der Waals surface area contributed by atoms with Crippen molar-refractivity contribution >= 4 is 41.4 Å². The lowest BCUT2D eigenvalue weighted by Crippen LogP contribution is -2.51. The molecule has 1 N–H and O–H groups in total. The van der Waals surface area contributed by atoms with Crippen LogP contribution in [-0.4, -0.2) is 64.7 Å². The highest BCUT2D eigenvalue weighted by Crippen LogP contribution is 2.27. The summed E-state index contributed by atoms with van der Waals surface area (Å²) in [6.07, 6.45) is 0. The van der Waals surface area contributed by atoms with Crippen molar-refractivity contribution in [3.8, 4) is 0 Å². The highest BCUT2D eigenvalue weighted by atomic mass is 32.2. The topological polar surface area (TPSA) is 84.9 Å². The molecule has 0 radical (unpaired) electrons. The minimum absolute atomic E-state index is 0.184. The Kier molecular flexibility index (Phi) is 6.44. The lowest BCUT2D eigenvalue weighted by atomic mass is 10.2. The van der Waals surface area contributed by atoms with Crippen LogP contribution in [0.2, 0.25) is 0 Å². The molecule has 0 bridgehead atoms. The van der Waals surface area contributed by atoms with E-state index in [-0.39, 0.29) is 12.5 Å². The van der Waals surface area contributed by atoms with Crippen molar-refractivity contribution in [1.82, 2.24) is 10.2 Å². The van der Waals surface area contributed by atoms with Gasteiger partial charge < -0.3 is 14.4 Å². The number of esters is 2. The molecule has 2 aliphatic heterocycles. The smallest absolute Gasteiger partial charge is 0.333 e. The van der Waals surface area contributed by atoms with Crippen LogP contribution < -0.4 is 5.32 Å². The third-order valence-electron chi connectivity index (χ3n) is 4.16. The molecule has 140 valence electrons. The van der Waals surface area contributed by atoms with Gasteiger partial charge >= 0.3 is 11.9 Å². The molecule has 1 amide bonds. The molecule has 2 aliphatic rings. The van der Waals surface area contributed by atoms with Gasteiger partial charge in [-0.15, -0.1) is 23.5 Å². The van der Waals surface area contributed by atoms with Crippen LogP contribution in [0.25, 0.3) is 0 Å². The predicted octanol–water partition coefficient (Wildman–Crippen LogP) is 0.835. The van der Waals surface area contributed by atoms with Crippen LogP contribution in [0.15, 0.2) is 30.3 Å². The normalized spacial score (nSPS) is 25.1. The van der Waals surface area contributed by atoms with Gasteiger partial charge in [-0.25, -0.2) is 9.59 Å². The third kappa shape index (κ3) is 4.33. The summed E-state index contributed by atoms with van der Waals surface area (Å²) < 4.78 is 10.1. The van der Waals surface area contributed by atoms with E-state index in [0.717, 1.165) is 5.56 Å². The molecule has 9 heteroatoms. The van der Waals surface area contributed by atoms with E-state index in [1.807, 2.05) is 30.3 Å². The quantitative estimate of drug-likeness (QED) is 0.733. The third-order valence-corrected chi connectivity index (χ3v) is 6.36. The van der Waals surface area contributed by atoms with Gasteiger partial charge in [0, 0.05) is 11.5 Å². The number of ether oxygens (including phenoxy) is 2. The maximum Gasteiger partial charge on any atom is 0.333 e. The van der Waals surface area contributed by atoms with Gasteiger partial charge in [0.25, 0.3) is 0 Å². The standard InChI is InChI=1S/C17H20N2O5S2/c1-23-16(21)13-9-25-10-19(13)15(20)12-8-26-14(18-12)17(22)24-7-11-5-3-2-4-6-11/h2-6,12-14,18H,7-10H2,1H3/t12?,13-,14?/m0/s1. The number of rotatable bonds is 5. The molecule has 0 saturated carbocycles. The Bertz CT molecular complexity index is 672. The zero-order valence-corrected chi connectivity index (χ0v) is 15.9. The average Bonchev–Trinajstić information content (AvgIpc) is 3.35. The molecule has 1 aromatic carbocycles. The minimum Gasteiger partial charge on any atom is -0.467 e. The number of hydrogen-bond donors (Lipinski definition) is 1. The van der Waals surface area contributed by atoms with E-state index in [1.165, 1.54) is 35.5 Å².